The zero-order chi connectivity index (χ0) is 13.0. The van der Waals surface area contributed by atoms with Gasteiger partial charge in [0.1, 0.15) is 12.1 Å². The van der Waals surface area contributed by atoms with Crippen LogP contribution in [0.15, 0.2) is 0 Å². The molecule has 0 aromatic carbocycles. The largest absolute Gasteiger partial charge is 0.439 e. The molecule has 0 heterocycles. The first kappa shape index (κ1) is 13.9. The van der Waals surface area contributed by atoms with Crippen LogP contribution in [0.1, 0.15) is 27.7 Å². The Kier molecular flexibility index (Phi) is 4.02. The second-order valence-corrected chi connectivity index (χ2v) is 3.48. The van der Waals surface area contributed by atoms with Crippen LogP contribution < -0.4 is 0 Å². The summed E-state index contributed by atoms with van der Waals surface area (Å²) in [5.41, 5.74) is -3.70. The van der Waals surface area contributed by atoms with Gasteiger partial charge in [-0.1, -0.05) is 0 Å². The number of rotatable bonds is 3. The van der Waals surface area contributed by atoms with Gasteiger partial charge in [-0.05, 0) is 13.8 Å². The van der Waals surface area contributed by atoms with Crippen LogP contribution in [-0.2, 0) is 19.1 Å². The molecule has 6 heteroatoms. The maximum atomic E-state index is 10.8. The standard InChI is InChI=1S/C10H12N2O4/c1-7(13)15-9(3,5-11)10(4,6-12)16-8(2)14/h1-4H3/t9-,10-/m1/s1. The Morgan fingerprint density at radius 1 is 0.938 bits per heavy atom. The predicted molar refractivity (Wildman–Crippen MR) is 51.6 cm³/mol. The molecule has 16 heavy (non-hydrogen) atoms. The van der Waals surface area contributed by atoms with Crippen molar-refractivity contribution >= 4 is 11.9 Å². The maximum Gasteiger partial charge on any atom is 0.304 e. The molecular formula is C10H12N2O4. The second kappa shape index (κ2) is 4.63. The van der Waals surface area contributed by atoms with Crippen molar-refractivity contribution in [2.45, 2.75) is 38.9 Å². The lowest BCUT2D eigenvalue weighted by Crippen LogP contribution is -2.53. The number of nitrogens with zero attached hydrogens (tertiary/aromatic N) is 2. The summed E-state index contributed by atoms with van der Waals surface area (Å²) < 4.78 is 9.49. The number of carbonyl (C=O) groups is 2. The summed E-state index contributed by atoms with van der Waals surface area (Å²) in [6, 6.07) is 3.33. The van der Waals surface area contributed by atoms with Crippen molar-refractivity contribution in [1.82, 2.24) is 0 Å². The van der Waals surface area contributed by atoms with Crippen LogP contribution in [0.2, 0.25) is 0 Å². The topological polar surface area (TPSA) is 100 Å². The van der Waals surface area contributed by atoms with Crippen LogP contribution in [0.3, 0.4) is 0 Å². The second-order valence-electron chi connectivity index (χ2n) is 3.48. The highest BCUT2D eigenvalue weighted by molar-refractivity contribution is 5.69. The summed E-state index contributed by atoms with van der Waals surface area (Å²) in [5, 5.41) is 17.9. The van der Waals surface area contributed by atoms with E-state index in [0.29, 0.717) is 0 Å². The van der Waals surface area contributed by atoms with Gasteiger partial charge >= 0.3 is 11.9 Å². The third-order valence-corrected chi connectivity index (χ3v) is 2.03. The minimum absolute atomic E-state index is 0.738. The highest BCUT2D eigenvalue weighted by Gasteiger charge is 2.52. The third-order valence-electron chi connectivity index (χ3n) is 2.03. The molecule has 0 aliphatic heterocycles. The first-order valence-corrected chi connectivity index (χ1v) is 4.42. The van der Waals surface area contributed by atoms with E-state index < -0.39 is 23.1 Å². The van der Waals surface area contributed by atoms with Crippen LogP contribution >= 0.6 is 0 Å². The first-order valence-electron chi connectivity index (χ1n) is 4.42. The van der Waals surface area contributed by atoms with Gasteiger partial charge in [0.2, 0.25) is 11.2 Å². The van der Waals surface area contributed by atoms with Crippen LogP contribution in [0, 0.1) is 22.7 Å². The molecule has 0 rings (SSSR count). The van der Waals surface area contributed by atoms with E-state index in [4.69, 9.17) is 20.0 Å². The lowest BCUT2D eigenvalue weighted by molar-refractivity contribution is -0.181. The molecule has 0 aliphatic carbocycles. The Morgan fingerprint density at radius 3 is 1.31 bits per heavy atom. The molecule has 0 aromatic rings. The van der Waals surface area contributed by atoms with Gasteiger partial charge < -0.3 is 9.47 Å². The average molecular weight is 224 g/mol. The summed E-state index contributed by atoms with van der Waals surface area (Å²) in [6.45, 7) is 4.61. The maximum absolute atomic E-state index is 10.8. The van der Waals surface area contributed by atoms with Crippen molar-refractivity contribution in [1.29, 1.82) is 10.5 Å². The molecule has 0 saturated carbocycles. The molecule has 86 valence electrons. The number of hydrogen-bond acceptors (Lipinski definition) is 6. The number of esters is 2. The molecule has 6 nitrogen and oxygen atoms in total. The number of hydrogen-bond donors (Lipinski definition) is 0. The van der Waals surface area contributed by atoms with Crippen LogP contribution in [0.25, 0.3) is 0 Å². The fraction of sp³-hybridized carbons (Fsp3) is 0.600. The van der Waals surface area contributed by atoms with E-state index in [2.05, 4.69) is 0 Å². The molecule has 0 radical (unpaired) electrons. The molecule has 0 fully saturated rings. The fourth-order valence-electron chi connectivity index (χ4n) is 1.03. The van der Waals surface area contributed by atoms with Gasteiger partial charge in [-0.2, -0.15) is 10.5 Å². The molecule has 0 aliphatic rings. The smallest absolute Gasteiger partial charge is 0.304 e. The Hall–Kier alpha value is -2.08. The van der Waals surface area contributed by atoms with Crippen molar-refractivity contribution in [2.24, 2.45) is 0 Å². The van der Waals surface area contributed by atoms with Gasteiger partial charge in [-0.15, -0.1) is 0 Å². The normalized spacial score (nSPS) is 16.9. The summed E-state index contributed by atoms with van der Waals surface area (Å²) in [5.74, 6) is -1.48. The predicted octanol–water partition coefficient (Wildman–Crippen LogP) is 0.677. The van der Waals surface area contributed by atoms with Gasteiger partial charge in [-0.25, -0.2) is 0 Å². The van der Waals surface area contributed by atoms with Crippen molar-refractivity contribution < 1.29 is 19.1 Å². The van der Waals surface area contributed by atoms with Crippen molar-refractivity contribution in [3.63, 3.8) is 0 Å². The Balaban J connectivity index is 5.34. The summed E-state index contributed by atoms with van der Waals surface area (Å²) in [7, 11) is 0. The summed E-state index contributed by atoms with van der Waals surface area (Å²) in [6.07, 6.45) is 0. The molecule has 2 atom stereocenters. The van der Waals surface area contributed by atoms with Gasteiger partial charge in [0, 0.05) is 13.8 Å². The molecule has 0 aromatic heterocycles. The van der Waals surface area contributed by atoms with E-state index >= 15 is 0 Å². The minimum atomic E-state index is -1.85. The van der Waals surface area contributed by atoms with E-state index in [1.807, 2.05) is 0 Å². The quantitative estimate of drug-likeness (QED) is 0.653. The fourth-order valence-corrected chi connectivity index (χ4v) is 1.03. The van der Waals surface area contributed by atoms with Crippen molar-refractivity contribution in [2.75, 3.05) is 0 Å². The molecule has 0 amide bonds. The molecule has 0 unspecified atom stereocenters. The molecule has 0 bridgehead atoms. The lowest BCUT2D eigenvalue weighted by atomic mass is 9.88. The molecule has 0 saturated heterocycles. The van der Waals surface area contributed by atoms with Crippen LogP contribution in [0.5, 0.6) is 0 Å². The highest BCUT2D eigenvalue weighted by Crippen LogP contribution is 2.29. The van der Waals surface area contributed by atoms with E-state index in [1.54, 1.807) is 12.1 Å². The molecule has 0 spiro atoms. The Bertz CT molecular complexity index is 355. The van der Waals surface area contributed by atoms with Crippen molar-refractivity contribution in [3.05, 3.63) is 0 Å². The van der Waals surface area contributed by atoms with Gasteiger partial charge in [0.05, 0.1) is 0 Å². The van der Waals surface area contributed by atoms with E-state index in [0.717, 1.165) is 13.8 Å². The Morgan fingerprint density at radius 2 is 1.19 bits per heavy atom. The van der Waals surface area contributed by atoms with Gasteiger partial charge in [-0.3, -0.25) is 9.59 Å². The van der Waals surface area contributed by atoms with Crippen molar-refractivity contribution in [3.8, 4) is 12.1 Å². The van der Waals surface area contributed by atoms with E-state index in [9.17, 15) is 9.59 Å². The number of nitriles is 2. The van der Waals surface area contributed by atoms with E-state index in [1.165, 1.54) is 13.8 Å². The lowest BCUT2D eigenvalue weighted by Gasteiger charge is -2.33. The summed E-state index contributed by atoms with van der Waals surface area (Å²) >= 11 is 0. The average Bonchev–Trinajstić information content (AvgIpc) is 2.15. The summed E-state index contributed by atoms with van der Waals surface area (Å²) in [4.78, 5) is 21.7. The monoisotopic (exact) mass is 224 g/mol. The van der Waals surface area contributed by atoms with Gasteiger partial charge in [0.15, 0.2) is 0 Å². The molecular weight excluding hydrogens is 212 g/mol. The first-order chi connectivity index (χ1) is 7.20. The zero-order valence-corrected chi connectivity index (χ0v) is 9.53. The van der Waals surface area contributed by atoms with Gasteiger partial charge in [0.25, 0.3) is 0 Å². The zero-order valence-electron chi connectivity index (χ0n) is 9.53. The minimum Gasteiger partial charge on any atom is -0.439 e. The Labute approximate surface area is 93.4 Å². The van der Waals surface area contributed by atoms with E-state index in [-0.39, 0.29) is 0 Å². The highest BCUT2D eigenvalue weighted by atomic mass is 16.6. The third kappa shape index (κ3) is 2.71. The number of carbonyl (C=O) groups excluding carboxylic acids is 2. The van der Waals surface area contributed by atoms with Crippen LogP contribution in [-0.4, -0.2) is 23.1 Å². The number of ether oxygens (including phenoxy) is 2. The SMILES string of the molecule is CC(=O)O[C@](C)(C#N)[C@@](C)(C#N)OC(C)=O. The van der Waals surface area contributed by atoms with Crippen LogP contribution in [0.4, 0.5) is 0 Å². The molecule has 0 N–H and O–H groups in total.